The summed E-state index contributed by atoms with van der Waals surface area (Å²) in [4.78, 5) is 24.8. The molecule has 0 aliphatic carbocycles. The number of thiophene rings is 1. The molecule has 19 heavy (non-hydrogen) atoms. The predicted molar refractivity (Wildman–Crippen MR) is 69.9 cm³/mol. The number of nitrogens with one attached hydrogen (secondary N) is 1. The molecule has 1 aromatic heterocycles. The first-order valence-corrected chi connectivity index (χ1v) is 6.96. The highest BCUT2D eigenvalue weighted by molar-refractivity contribution is 7.08. The van der Waals surface area contributed by atoms with Gasteiger partial charge in [0.15, 0.2) is 0 Å². The second-order valence-corrected chi connectivity index (χ2v) is 5.23. The van der Waals surface area contributed by atoms with Crippen LogP contribution in [-0.4, -0.2) is 58.8 Å². The zero-order valence-electron chi connectivity index (χ0n) is 10.3. The summed E-state index contributed by atoms with van der Waals surface area (Å²) >= 11 is 1.44. The van der Waals surface area contributed by atoms with Crippen LogP contribution >= 0.6 is 11.3 Å². The molecule has 3 N–H and O–H groups in total. The van der Waals surface area contributed by atoms with E-state index in [1.54, 1.807) is 11.4 Å². The molecule has 1 aromatic rings. The van der Waals surface area contributed by atoms with E-state index in [1.165, 1.54) is 16.2 Å². The standard InChI is InChI=1S/C12H16N2O4S/c15-9-5-14(6-10(9)16)11(17)1-3-13-12(18)8-2-4-19-7-8/h2,4,7,9-10,15-16H,1,3,5-6H2,(H,13,18). The Bertz CT molecular complexity index is 439. The van der Waals surface area contributed by atoms with Crippen molar-refractivity contribution in [3.05, 3.63) is 22.4 Å². The average molecular weight is 284 g/mol. The van der Waals surface area contributed by atoms with Crippen LogP contribution in [0.5, 0.6) is 0 Å². The van der Waals surface area contributed by atoms with Crippen LogP contribution in [0, 0.1) is 0 Å². The van der Waals surface area contributed by atoms with Gasteiger partial charge in [0.05, 0.1) is 12.2 Å². The summed E-state index contributed by atoms with van der Waals surface area (Å²) in [7, 11) is 0. The van der Waals surface area contributed by atoms with Crippen molar-refractivity contribution in [2.75, 3.05) is 19.6 Å². The fourth-order valence-electron chi connectivity index (χ4n) is 1.91. The maximum absolute atomic E-state index is 11.8. The Balaban J connectivity index is 1.71. The van der Waals surface area contributed by atoms with Crippen LogP contribution in [0.4, 0.5) is 0 Å². The molecule has 104 valence electrons. The molecular weight excluding hydrogens is 268 g/mol. The van der Waals surface area contributed by atoms with Crippen LogP contribution in [0.1, 0.15) is 16.8 Å². The third-order valence-electron chi connectivity index (χ3n) is 3.02. The van der Waals surface area contributed by atoms with Crippen LogP contribution in [0.3, 0.4) is 0 Å². The summed E-state index contributed by atoms with van der Waals surface area (Å²) in [6, 6.07) is 1.72. The number of aliphatic hydroxyl groups is 2. The Labute approximate surface area is 114 Å². The van der Waals surface area contributed by atoms with E-state index in [0.29, 0.717) is 5.56 Å². The fraction of sp³-hybridized carbons (Fsp3) is 0.500. The summed E-state index contributed by atoms with van der Waals surface area (Å²) in [5, 5.41) is 24.9. The van der Waals surface area contributed by atoms with Crippen LogP contribution in [-0.2, 0) is 4.79 Å². The Kier molecular flexibility index (Phi) is 4.52. The summed E-state index contributed by atoms with van der Waals surface area (Å²) in [5.41, 5.74) is 0.587. The van der Waals surface area contributed by atoms with E-state index >= 15 is 0 Å². The van der Waals surface area contributed by atoms with Gasteiger partial charge in [-0.05, 0) is 11.4 Å². The van der Waals surface area contributed by atoms with Gasteiger partial charge in [-0.2, -0.15) is 11.3 Å². The Morgan fingerprint density at radius 1 is 1.37 bits per heavy atom. The number of nitrogens with zero attached hydrogens (tertiary/aromatic N) is 1. The monoisotopic (exact) mass is 284 g/mol. The number of β-amino-alcohol motifs (C(OH)–C–C–N with tert-alkyl or cyclic N) is 2. The maximum Gasteiger partial charge on any atom is 0.252 e. The number of aliphatic hydroxyl groups excluding tert-OH is 2. The molecule has 1 aliphatic heterocycles. The molecule has 0 spiro atoms. The Morgan fingerprint density at radius 2 is 2.05 bits per heavy atom. The van der Waals surface area contributed by atoms with Gasteiger partial charge in [0.2, 0.25) is 5.91 Å². The largest absolute Gasteiger partial charge is 0.388 e. The van der Waals surface area contributed by atoms with Crippen LogP contribution in [0.2, 0.25) is 0 Å². The minimum atomic E-state index is -0.871. The first-order chi connectivity index (χ1) is 9.08. The van der Waals surface area contributed by atoms with Crippen molar-refractivity contribution in [1.29, 1.82) is 0 Å². The molecule has 0 saturated carbocycles. The van der Waals surface area contributed by atoms with Crippen molar-refractivity contribution in [2.24, 2.45) is 0 Å². The van der Waals surface area contributed by atoms with Gasteiger partial charge < -0.3 is 20.4 Å². The highest BCUT2D eigenvalue weighted by atomic mass is 32.1. The second-order valence-electron chi connectivity index (χ2n) is 4.45. The fourth-order valence-corrected chi connectivity index (χ4v) is 2.55. The van der Waals surface area contributed by atoms with Crippen molar-refractivity contribution < 1.29 is 19.8 Å². The summed E-state index contributed by atoms with van der Waals surface area (Å²) in [6.07, 6.45) is -1.58. The molecular formula is C12H16N2O4S. The average Bonchev–Trinajstić information content (AvgIpc) is 3.00. The number of amides is 2. The van der Waals surface area contributed by atoms with Crippen molar-refractivity contribution in [1.82, 2.24) is 10.2 Å². The first-order valence-electron chi connectivity index (χ1n) is 6.02. The summed E-state index contributed by atoms with van der Waals surface area (Å²) in [6.45, 7) is 0.549. The molecule has 0 radical (unpaired) electrons. The molecule has 0 aromatic carbocycles. The van der Waals surface area contributed by atoms with E-state index < -0.39 is 12.2 Å². The van der Waals surface area contributed by atoms with E-state index in [1.807, 2.05) is 5.38 Å². The maximum atomic E-state index is 11.8. The van der Waals surface area contributed by atoms with Gasteiger partial charge in [-0.1, -0.05) is 0 Å². The van der Waals surface area contributed by atoms with Gasteiger partial charge in [-0.15, -0.1) is 0 Å². The quantitative estimate of drug-likeness (QED) is 0.691. The summed E-state index contributed by atoms with van der Waals surface area (Å²) < 4.78 is 0. The minimum Gasteiger partial charge on any atom is -0.388 e. The molecule has 2 amide bonds. The number of hydrogen-bond donors (Lipinski definition) is 3. The molecule has 1 aliphatic rings. The molecule has 7 heteroatoms. The molecule has 2 rings (SSSR count). The lowest BCUT2D eigenvalue weighted by atomic mass is 10.3. The third kappa shape index (κ3) is 3.52. The molecule has 6 nitrogen and oxygen atoms in total. The topological polar surface area (TPSA) is 89.9 Å². The predicted octanol–water partition coefficient (Wildman–Crippen LogP) is -0.568. The van der Waals surface area contributed by atoms with Crippen molar-refractivity contribution in [3.63, 3.8) is 0 Å². The number of hydrogen-bond acceptors (Lipinski definition) is 5. The van der Waals surface area contributed by atoms with Crippen LogP contribution in [0.25, 0.3) is 0 Å². The normalized spacial score (nSPS) is 22.5. The van der Waals surface area contributed by atoms with Crippen molar-refractivity contribution in [2.45, 2.75) is 18.6 Å². The van der Waals surface area contributed by atoms with E-state index in [9.17, 15) is 19.8 Å². The highest BCUT2D eigenvalue weighted by Gasteiger charge is 2.32. The lowest BCUT2D eigenvalue weighted by molar-refractivity contribution is -0.130. The smallest absolute Gasteiger partial charge is 0.252 e. The molecule has 1 saturated heterocycles. The van der Waals surface area contributed by atoms with Gasteiger partial charge >= 0.3 is 0 Å². The zero-order chi connectivity index (χ0) is 13.8. The highest BCUT2D eigenvalue weighted by Crippen LogP contribution is 2.11. The molecule has 2 atom stereocenters. The van der Waals surface area contributed by atoms with E-state index in [4.69, 9.17) is 0 Å². The van der Waals surface area contributed by atoms with E-state index in [-0.39, 0.29) is 37.9 Å². The SMILES string of the molecule is O=C(NCCC(=O)N1CC(O)C(O)C1)c1ccsc1. The summed E-state index contributed by atoms with van der Waals surface area (Å²) in [5.74, 6) is -0.378. The van der Waals surface area contributed by atoms with E-state index in [2.05, 4.69) is 5.32 Å². The number of rotatable bonds is 4. The van der Waals surface area contributed by atoms with Crippen LogP contribution < -0.4 is 5.32 Å². The lowest BCUT2D eigenvalue weighted by Gasteiger charge is -2.15. The number of carbonyl (C=O) groups is 2. The van der Waals surface area contributed by atoms with Gasteiger partial charge in [0.1, 0.15) is 0 Å². The van der Waals surface area contributed by atoms with Crippen molar-refractivity contribution in [3.8, 4) is 0 Å². The molecule has 2 heterocycles. The van der Waals surface area contributed by atoms with Gasteiger partial charge in [0.25, 0.3) is 5.91 Å². The molecule has 1 fully saturated rings. The first kappa shape index (κ1) is 14.0. The van der Waals surface area contributed by atoms with Gasteiger partial charge in [-0.3, -0.25) is 9.59 Å². The lowest BCUT2D eigenvalue weighted by Crippen LogP contribution is -2.33. The molecule has 0 bridgehead atoms. The Hall–Kier alpha value is -1.44. The second kappa shape index (κ2) is 6.14. The number of carbonyl (C=O) groups excluding carboxylic acids is 2. The Morgan fingerprint density at radius 3 is 2.63 bits per heavy atom. The van der Waals surface area contributed by atoms with E-state index in [0.717, 1.165) is 0 Å². The third-order valence-corrected chi connectivity index (χ3v) is 3.70. The van der Waals surface area contributed by atoms with Gasteiger partial charge in [-0.25, -0.2) is 0 Å². The van der Waals surface area contributed by atoms with Crippen LogP contribution in [0.15, 0.2) is 16.8 Å². The molecule has 2 unspecified atom stereocenters. The minimum absolute atomic E-state index is 0.151. The number of likely N-dealkylation sites (tertiary alicyclic amines) is 1. The zero-order valence-corrected chi connectivity index (χ0v) is 11.1. The van der Waals surface area contributed by atoms with Crippen molar-refractivity contribution >= 4 is 23.2 Å². The van der Waals surface area contributed by atoms with Gasteiger partial charge in [0, 0.05) is 37.0 Å².